The van der Waals surface area contributed by atoms with E-state index in [-0.39, 0.29) is 0 Å². The summed E-state index contributed by atoms with van der Waals surface area (Å²) in [6.45, 7) is 6.68. The Kier molecular flexibility index (Phi) is 7.05. The molecule has 4 nitrogen and oxygen atoms in total. The quantitative estimate of drug-likeness (QED) is 0.701. The molecule has 112 valence electrons. The minimum absolute atomic E-state index is 0.351. The molecular weight excluding hydrogens is 256 g/mol. The topological polar surface area (TPSA) is 52.6 Å². The van der Waals surface area contributed by atoms with Crippen molar-refractivity contribution in [3.05, 3.63) is 23.3 Å². The molecule has 0 aliphatic heterocycles. The molecule has 0 unspecified atom stereocenters. The Bertz CT molecular complexity index is 369. The molecule has 0 aromatic carbocycles. The van der Waals surface area contributed by atoms with Crippen LogP contribution in [0.2, 0.25) is 0 Å². The Morgan fingerprint density at radius 2 is 1.40 bits per heavy atom. The molecule has 0 amide bonds. The van der Waals surface area contributed by atoms with E-state index < -0.39 is 11.9 Å². The standard InChI is InChI=1S/C16H24O4/c1-4-10-19-15(17)13-8-6-12(3)7-9-14(13)16(18)20-11-5-2/h8-9,12H,4-7,10-11H2,1-3H3. The summed E-state index contributed by atoms with van der Waals surface area (Å²) in [5, 5.41) is 0. The first-order valence-electron chi connectivity index (χ1n) is 7.35. The molecule has 1 aliphatic rings. The normalized spacial score (nSPS) is 15.9. The molecule has 0 fully saturated rings. The van der Waals surface area contributed by atoms with E-state index in [0.717, 1.165) is 25.7 Å². The number of allylic oxidation sites excluding steroid dienone is 2. The molecule has 0 atom stereocenters. The zero-order valence-electron chi connectivity index (χ0n) is 12.6. The summed E-state index contributed by atoms with van der Waals surface area (Å²) >= 11 is 0. The van der Waals surface area contributed by atoms with Crippen molar-refractivity contribution in [1.29, 1.82) is 0 Å². The van der Waals surface area contributed by atoms with Crippen LogP contribution < -0.4 is 0 Å². The number of hydrogen-bond acceptors (Lipinski definition) is 4. The van der Waals surface area contributed by atoms with Crippen LogP contribution in [0.3, 0.4) is 0 Å². The van der Waals surface area contributed by atoms with Gasteiger partial charge in [-0.1, -0.05) is 32.9 Å². The summed E-state index contributed by atoms with van der Waals surface area (Å²) < 4.78 is 10.3. The van der Waals surface area contributed by atoms with Gasteiger partial charge in [-0.2, -0.15) is 0 Å². The van der Waals surface area contributed by atoms with Crippen LogP contribution in [0.4, 0.5) is 0 Å². The zero-order valence-corrected chi connectivity index (χ0v) is 12.6. The third-order valence-corrected chi connectivity index (χ3v) is 3.05. The predicted octanol–water partition coefficient (Wildman–Crippen LogP) is 3.18. The lowest BCUT2D eigenvalue weighted by Gasteiger charge is -2.10. The average molecular weight is 280 g/mol. The van der Waals surface area contributed by atoms with Crippen LogP contribution in [0.1, 0.15) is 46.5 Å². The van der Waals surface area contributed by atoms with Crippen molar-refractivity contribution in [1.82, 2.24) is 0 Å². The van der Waals surface area contributed by atoms with Crippen LogP contribution in [0.5, 0.6) is 0 Å². The highest BCUT2D eigenvalue weighted by molar-refractivity contribution is 6.07. The maximum Gasteiger partial charge on any atom is 0.338 e. The van der Waals surface area contributed by atoms with Crippen molar-refractivity contribution < 1.29 is 19.1 Å². The first-order valence-corrected chi connectivity index (χ1v) is 7.35. The largest absolute Gasteiger partial charge is 0.462 e. The Hall–Kier alpha value is -1.58. The van der Waals surface area contributed by atoms with Gasteiger partial charge < -0.3 is 9.47 Å². The second-order valence-corrected chi connectivity index (χ2v) is 5.08. The lowest BCUT2D eigenvalue weighted by Crippen LogP contribution is -2.17. The molecule has 0 radical (unpaired) electrons. The fourth-order valence-corrected chi connectivity index (χ4v) is 1.89. The van der Waals surface area contributed by atoms with Crippen LogP contribution in [-0.4, -0.2) is 25.2 Å². The molecule has 1 rings (SSSR count). The molecule has 0 aromatic rings. The molecule has 0 saturated heterocycles. The van der Waals surface area contributed by atoms with Gasteiger partial charge in [0.1, 0.15) is 0 Å². The molecule has 0 heterocycles. The highest BCUT2D eigenvalue weighted by atomic mass is 16.5. The predicted molar refractivity (Wildman–Crippen MR) is 77.1 cm³/mol. The lowest BCUT2D eigenvalue weighted by molar-refractivity contribution is -0.142. The van der Waals surface area contributed by atoms with Crippen LogP contribution in [-0.2, 0) is 19.1 Å². The number of hydrogen-bond donors (Lipinski definition) is 0. The number of esters is 2. The first-order chi connectivity index (χ1) is 9.60. The molecular formula is C16H24O4. The molecule has 0 spiro atoms. The van der Waals surface area contributed by atoms with Gasteiger partial charge in [0.25, 0.3) is 0 Å². The second-order valence-electron chi connectivity index (χ2n) is 5.08. The van der Waals surface area contributed by atoms with E-state index >= 15 is 0 Å². The maximum absolute atomic E-state index is 12.1. The van der Waals surface area contributed by atoms with Crippen molar-refractivity contribution in [3.8, 4) is 0 Å². The lowest BCUT2D eigenvalue weighted by atomic mass is 10.1. The number of ether oxygens (including phenoxy) is 2. The van der Waals surface area contributed by atoms with Crippen molar-refractivity contribution in [2.24, 2.45) is 5.92 Å². The summed E-state index contributed by atoms with van der Waals surface area (Å²) in [5.74, 6) is -0.457. The Balaban J connectivity index is 2.89. The third kappa shape index (κ3) is 4.83. The highest BCUT2D eigenvalue weighted by Gasteiger charge is 2.25. The van der Waals surface area contributed by atoms with Gasteiger partial charge in [0.05, 0.1) is 24.4 Å². The first kappa shape index (κ1) is 16.5. The summed E-state index contributed by atoms with van der Waals surface area (Å²) in [4.78, 5) is 24.1. The van der Waals surface area contributed by atoms with Crippen LogP contribution in [0.25, 0.3) is 0 Å². The third-order valence-electron chi connectivity index (χ3n) is 3.05. The SMILES string of the molecule is CCCOC(=O)C1=CCC(C)CC=C1C(=O)OCCC. The molecule has 4 heteroatoms. The molecule has 0 N–H and O–H groups in total. The van der Waals surface area contributed by atoms with Crippen molar-refractivity contribution in [2.75, 3.05) is 13.2 Å². The van der Waals surface area contributed by atoms with E-state index in [2.05, 4.69) is 6.92 Å². The summed E-state index contributed by atoms with van der Waals surface area (Å²) in [7, 11) is 0. The monoisotopic (exact) mass is 280 g/mol. The van der Waals surface area contributed by atoms with Crippen LogP contribution in [0, 0.1) is 5.92 Å². The highest BCUT2D eigenvalue weighted by Crippen LogP contribution is 2.24. The van der Waals surface area contributed by atoms with Gasteiger partial charge in [0.2, 0.25) is 0 Å². The Morgan fingerprint density at radius 3 is 1.75 bits per heavy atom. The Morgan fingerprint density at radius 1 is 1.00 bits per heavy atom. The van der Waals surface area contributed by atoms with Gasteiger partial charge in [0, 0.05) is 0 Å². The minimum atomic E-state index is -0.430. The summed E-state index contributed by atoms with van der Waals surface area (Å²) in [6.07, 6.45) is 6.64. The Labute approximate surface area is 120 Å². The van der Waals surface area contributed by atoms with Gasteiger partial charge in [-0.3, -0.25) is 0 Å². The maximum atomic E-state index is 12.1. The minimum Gasteiger partial charge on any atom is -0.462 e. The molecule has 0 aromatic heterocycles. The fraction of sp³-hybridized carbons (Fsp3) is 0.625. The zero-order chi connectivity index (χ0) is 15.0. The van der Waals surface area contributed by atoms with Gasteiger partial charge in [0.15, 0.2) is 0 Å². The number of rotatable bonds is 6. The summed E-state index contributed by atoms with van der Waals surface area (Å²) in [5.41, 5.74) is 0.702. The van der Waals surface area contributed by atoms with Gasteiger partial charge in [-0.05, 0) is 31.6 Å². The second kappa shape index (κ2) is 8.56. The van der Waals surface area contributed by atoms with Crippen molar-refractivity contribution in [2.45, 2.75) is 46.5 Å². The molecule has 1 aliphatic carbocycles. The smallest absolute Gasteiger partial charge is 0.338 e. The van der Waals surface area contributed by atoms with Crippen LogP contribution >= 0.6 is 0 Å². The number of carbonyl (C=O) groups is 2. The molecule has 0 bridgehead atoms. The van der Waals surface area contributed by atoms with E-state index in [1.165, 1.54) is 0 Å². The summed E-state index contributed by atoms with van der Waals surface area (Å²) in [6, 6.07) is 0. The van der Waals surface area contributed by atoms with Gasteiger partial charge in [-0.25, -0.2) is 9.59 Å². The van der Waals surface area contributed by atoms with Gasteiger partial charge in [-0.15, -0.1) is 0 Å². The molecule has 20 heavy (non-hydrogen) atoms. The van der Waals surface area contributed by atoms with E-state index in [4.69, 9.17) is 9.47 Å². The van der Waals surface area contributed by atoms with E-state index in [9.17, 15) is 9.59 Å². The van der Waals surface area contributed by atoms with E-state index in [1.807, 2.05) is 13.8 Å². The van der Waals surface area contributed by atoms with Crippen molar-refractivity contribution >= 4 is 11.9 Å². The number of carbonyl (C=O) groups excluding carboxylic acids is 2. The van der Waals surface area contributed by atoms with Crippen molar-refractivity contribution in [3.63, 3.8) is 0 Å². The van der Waals surface area contributed by atoms with E-state index in [1.54, 1.807) is 12.2 Å². The average Bonchev–Trinajstić information content (AvgIpc) is 2.64. The molecule has 0 saturated carbocycles. The van der Waals surface area contributed by atoms with E-state index in [0.29, 0.717) is 30.3 Å². The fourth-order valence-electron chi connectivity index (χ4n) is 1.89. The van der Waals surface area contributed by atoms with Gasteiger partial charge >= 0.3 is 11.9 Å². The van der Waals surface area contributed by atoms with Crippen LogP contribution in [0.15, 0.2) is 23.3 Å².